The molecule has 5 rings (SSSR count). The third-order valence-electron chi connectivity index (χ3n) is 6.37. The lowest BCUT2D eigenvalue weighted by Crippen LogP contribution is -2.51. The number of nitrogens with one attached hydrogen (secondary N) is 2. The predicted molar refractivity (Wildman–Crippen MR) is 101 cm³/mol. The van der Waals surface area contributed by atoms with Crippen LogP contribution in [0.15, 0.2) is 24.5 Å². The molecule has 0 bridgehead atoms. The van der Waals surface area contributed by atoms with Crippen LogP contribution in [0.5, 0.6) is 0 Å². The van der Waals surface area contributed by atoms with E-state index in [1.165, 1.54) is 6.07 Å². The molecular formula is C20H23FN6O. The number of hydrogen-bond donors (Lipinski definition) is 2. The van der Waals surface area contributed by atoms with Crippen molar-refractivity contribution in [3.8, 4) is 0 Å². The molecule has 2 heterocycles. The van der Waals surface area contributed by atoms with E-state index in [1.54, 1.807) is 23.1 Å². The SMILES string of the molecule is O=C(N[C@@H]1CCCc2c1[nH]c1ccc(F)cc21)C1(n2cnnn2)CCCCC1. The number of aryl methyl sites for hydroxylation is 1. The number of H-pyrrole nitrogens is 1. The van der Waals surface area contributed by atoms with Crippen molar-refractivity contribution in [2.45, 2.75) is 62.9 Å². The Labute approximate surface area is 161 Å². The Kier molecular flexibility index (Phi) is 4.14. The number of carbonyl (C=O) groups excluding carboxylic acids is 1. The van der Waals surface area contributed by atoms with Gasteiger partial charge in [0.1, 0.15) is 17.7 Å². The molecule has 1 aromatic carbocycles. The molecule has 1 fully saturated rings. The van der Waals surface area contributed by atoms with Gasteiger partial charge in [0, 0.05) is 16.6 Å². The van der Waals surface area contributed by atoms with Crippen LogP contribution in [0.2, 0.25) is 0 Å². The molecule has 2 N–H and O–H groups in total. The first-order chi connectivity index (χ1) is 13.7. The van der Waals surface area contributed by atoms with Crippen molar-refractivity contribution in [2.75, 3.05) is 0 Å². The van der Waals surface area contributed by atoms with Gasteiger partial charge in [0.25, 0.3) is 0 Å². The minimum atomic E-state index is -0.725. The van der Waals surface area contributed by atoms with Gasteiger partial charge in [-0.25, -0.2) is 9.07 Å². The molecule has 1 saturated carbocycles. The van der Waals surface area contributed by atoms with Crippen molar-refractivity contribution in [1.29, 1.82) is 0 Å². The van der Waals surface area contributed by atoms with E-state index in [-0.39, 0.29) is 17.8 Å². The van der Waals surface area contributed by atoms with Crippen LogP contribution in [-0.2, 0) is 16.8 Å². The second-order valence-electron chi connectivity index (χ2n) is 7.97. The Balaban J connectivity index is 1.48. The number of nitrogens with zero attached hydrogens (tertiary/aromatic N) is 4. The molecule has 1 amide bonds. The number of amides is 1. The van der Waals surface area contributed by atoms with Crippen molar-refractivity contribution in [3.05, 3.63) is 41.6 Å². The van der Waals surface area contributed by atoms with Gasteiger partial charge < -0.3 is 10.3 Å². The maximum atomic E-state index is 13.7. The Bertz CT molecular complexity index is 1010. The van der Waals surface area contributed by atoms with E-state index in [0.717, 1.165) is 73.5 Å². The molecular weight excluding hydrogens is 359 g/mol. The molecule has 8 heteroatoms. The van der Waals surface area contributed by atoms with Gasteiger partial charge in [-0.1, -0.05) is 19.3 Å². The molecule has 28 heavy (non-hydrogen) atoms. The fourth-order valence-electron chi connectivity index (χ4n) is 4.93. The first-order valence-electron chi connectivity index (χ1n) is 10.0. The molecule has 7 nitrogen and oxygen atoms in total. The number of carbonyl (C=O) groups is 1. The van der Waals surface area contributed by atoms with Gasteiger partial charge in [-0.3, -0.25) is 4.79 Å². The zero-order valence-electron chi connectivity index (χ0n) is 15.6. The zero-order valence-corrected chi connectivity index (χ0v) is 15.6. The summed E-state index contributed by atoms with van der Waals surface area (Å²) in [4.78, 5) is 16.9. The van der Waals surface area contributed by atoms with Crippen molar-refractivity contribution in [1.82, 2.24) is 30.5 Å². The second kappa shape index (κ2) is 6.68. The number of hydrogen-bond acceptors (Lipinski definition) is 4. The van der Waals surface area contributed by atoms with Gasteiger partial charge in [-0.15, -0.1) is 5.10 Å². The van der Waals surface area contributed by atoms with Crippen LogP contribution in [0.25, 0.3) is 10.9 Å². The summed E-state index contributed by atoms with van der Waals surface area (Å²) in [6.45, 7) is 0. The monoisotopic (exact) mass is 382 g/mol. The summed E-state index contributed by atoms with van der Waals surface area (Å²) in [7, 11) is 0. The number of aromatic amines is 1. The van der Waals surface area contributed by atoms with Gasteiger partial charge >= 0.3 is 0 Å². The molecule has 2 aromatic heterocycles. The molecule has 146 valence electrons. The number of rotatable bonds is 3. The molecule has 1 atom stereocenters. The Morgan fingerprint density at radius 1 is 1.25 bits per heavy atom. The molecule has 0 radical (unpaired) electrons. The third-order valence-corrected chi connectivity index (χ3v) is 6.37. The zero-order chi connectivity index (χ0) is 19.1. The highest BCUT2D eigenvalue weighted by atomic mass is 19.1. The standard InChI is InChI=1S/C20H23FN6O/c21-13-7-8-16-15(11-13)14-5-4-6-17(18(14)23-16)24-19(28)20(9-2-1-3-10-20)27-12-22-25-26-27/h7-8,11-12,17,23H,1-6,9-10H2,(H,24,28)/t17-/m1/s1. The summed E-state index contributed by atoms with van der Waals surface area (Å²) in [5.74, 6) is -0.262. The molecule has 2 aliphatic rings. The van der Waals surface area contributed by atoms with Crippen LogP contribution < -0.4 is 5.32 Å². The highest BCUT2D eigenvalue weighted by Gasteiger charge is 2.43. The maximum Gasteiger partial charge on any atom is 0.248 e. The Hall–Kier alpha value is -2.77. The van der Waals surface area contributed by atoms with Crippen molar-refractivity contribution >= 4 is 16.8 Å². The lowest BCUT2D eigenvalue weighted by atomic mass is 9.80. The van der Waals surface area contributed by atoms with Crippen LogP contribution in [0.1, 0.15) is 62.2 Å². The van der Waals surface area contributed by atoms with Crippen LogP contribution in [0, 0.1) is 5.82 Å². The van der Waals surface area contributed by atoms with Crippen molar-refractivity contribution < 1.29 is 9.18 Å². The predicted octanol–water partition coefficient (Wildman–Crippen LogP) is 3.15. The Morgan fingerprint density at radius 3 is 2.89 bits per heavy atom. The summed E-state index contributed by atoms with van der Waals surface area (Å²) >= 11 is 0. The number of benzene rings is 1. The molecule has 0 unspecified atom stereocenters. The van der Waals surface area contributed by atoms with Gasteiger partial charge in [0.05, 0.1) is 6.04 Å². The van der Waals surface area contributed by atoms with E-state index in [4.69, 9.17) is 0 Å². The summed E-state index contributed by atoms with van der Waals surface area (Å²) in [6.07, 6.45) is 8.82. The first-order valence-corrected chi connectivity index (χ1v) is 10.0. The van der Waals surface area contributed by atoms with E-state index in [2.05, 4.69) is 25.8 Å². The van der Waals surface area contributed by atoms with Crippen LogP contribution in [-0.4, -0.2) is 31.1 Å². The normalized spacial score (nSPS) is 21.4. The lowest BCUT2D eigenvalue weighted by Gasteiger charge is -2.37. The molecule has 0 spiro atoms. The minimum absolute atomic E-state index is 0.0258. The molecule has 0 aliphatic heterocycles. The topological polar surface area (TPSA) is 88.5 Å². The number of fused-ring (bicyclic) bond motifs is 3. The average molecular weight is 382 g/mol. The Morgan fingerprint density at radius 2 is 2.11 bits per heavy atom. The number of tetrazole rings is 1. The quantitative estimate of drug-likeness (QED) is 0.728. The van der Waals surface area contributed by atoms with E-state index in [1.807, 2.05) is 0 Å². The van der Waals surface area contributed by atoms with Crippen molar-refractivity contribution in [2.24, 2.45) is 0 Å². The summed E-state index contributed by atoms with van der Waals surface area (Å²) in [5, 5.41) is 15.8. The fourth-order valence-corrected chi connectivity index (χ4v) is 4.93. The molecule has 2 aliphatic carbocycles. The van der Waals surface area contributed by atoms with Gasteiger partial charge in [-0.05, 0) is 66.3 Å². The van der Waals surface area contributed by atoms with E-state index in [9.17, 15) is 9.18 Å². The summed E-state index contributed by atoms with van der Waals surface area (Å²) < 4.78 is 15.4. The van der Waals surface area contributed by atoms with Gasteiger partial charge in [0.15, 0.2) is 0 Å². The van der Waals surface area contributed by atoms with E-state index < -0.39 is 5.54 Å². The van der Waals surface area contributed by atoms with Crippen LogP contribution >= 0.6 is 0 Å². The third kappa shape index (κ3) is 2.70. The summed E-state index contributed by atoms with van der Waals surface area (Å²) in [5.41, 5.74) is 2.31. The van der Waals surface area contributed by atoms with E-state index >= 15 is 0 Å². The largest absolute Gasteiger partial charge is 0.356 e. The van der Waals surface area contributed by atoms with E-state index in [0.29, 0.717) is 0 Å². The number of halogens is 1. The number of aromatic nitrogens is 5. The maximum absolute atomic E-state index is 13.7. The second-order valence-corrected chi connectivity index (χ2v) is 7.97. The molecule has 0 saturated heterocycles. The first kappa shape index (κ1) is 17.3. The summed E-state index contributed by atoms with van der Waals surface area (Å²) in [6, 6.07) is 4.71. The highest BCUT2D eigenvalue weighted by Crippen LogP contribution is 2.38. The average Bonchev–Trinajstić information content (AvgIpc) is 3.37. The smallest absolute Gasteiger partial charge is 0.248 e. The molecule has 3 aromatic rings. The fraction of sp³-hybridized carbons (Fsp3) is 0.500. The lowest BCUT2D eigenvalue weighted by molar-refractivity contribution is -0.133. The highest BCUT2D eigenvalue weighted by molar-refractivity contribution is 5.87. The van der Waals surface area contributed by atoms with Crippen molar-refractivity contribution in [3.63, 3.8) is 0 Å². The minimum Gasteiger partial charge on any atom is -0.356 e. The van der Waals surface area contributed by atoms with Gasteiger partial charge in [-0.2, -0.15) is 0 Å². The van der Waals surface area contributed by atoms with Crippen LogP contribution in [0.4, 0.5) is 4.39 Å². The van der Waals surface area contributed by atoms with Crippen LogP contribution in [0.3, 0.4) is 0 Å². The van der Waals surface area contributed by atoms with Gasteiger partial charge in [0.2, 0.25) is 5.91 Å².